The summed E-state index contributed by atoms with van der Waals surface area (Å²) in [6, 6.07) is 10.2. The molecule has 0 radical (unpaired) electrons. The van der Waals surface area contributed by atoms with Crippen molar-refractivity contribution in [1.82, 2.24) is 9.88 Å². The summed E-state index contributed by atoms with van der Waals surface area (Å²) in [5.41, 5.74) is -0.113. The molecule has 168 valence electrons. The molecule has 1 amide bonds. The number of benzene rings is 2. The lowest BCUT2D eigenvalue weighted by molar-refractivity contribution is -0.139. The summed E-state index contributed by atoms with van der Waals surface area (Å²) >= 11 is 6.19. The fourth-order valence-corrected chi connectivity index (χ4v) is 4.36. The summed E-state index contributed by atoms with van der Waals surface area (Å²) in [6.45, 7) is 3.16. The fourth-order valence-electron chi connectivity index (χ4n) is 4.08. The van der Waals surface area contributed by atoms with Crippen LogP contribution in [0.1, 0.15) is 31.7 Å². The molecule has 1 atom stereocenters. The average Bonchev–Trinajstić information content (AvgIpc) is 2.78. The maximum absolute atomic E-state index is 13.6. The number of aromatic nitrogens is 1. The van der Waals surface area contributed by atoms with Gasteiger partial charge in [-0.15, -0.1) is 0 Å². The van der Waals surface area contributed by atoms with E-state index in [1.807, 2.05) is 4.90 Å². The zero-order valence-electron chi connectivity index (χ0n) is 17.5. The van der Waals surface area contributed by atoms with Gasteiger partial charge in [-0.3, -0.25) is 9.78 Å². The molecule has 32 heavy (non-hydrogen) atoms. The van der Waals surface area contributed by atoms with Crippen LogP contribution in [0.25, 0.3) is 22.0 Å². The van der Waals surface area contributed by atoms with E-state index in [1.54, 1.807) is 25.1 Å². The van der Waals surface area contributed by atoms with Crippen molar-refractivity contribution >= 4 is 28.4 Å². The van der Waals surface area contributed by atoms with Crippen LogP contribution in [-0.2, 0) is 11.0 Å². The third-order valence-corrected chi connectivity index (χ3v) is 5.95. The Bertz CT molecular complexity index is 1140. The van der Waals surface area contributed by atoms with E-state index < -0.39 is 17.8 Å². The number of halogens is 4. The van der Waals surface area contributed by atoms with E-state index in [4.69, 9.17) is 16.3 Å². The molecule has 0 bridgehead atoms. The number of ether oxygens (including phenoxy) is 1. The number of hydrogen-bond donors (Lipinski definition) is 0. The van der Waals surface area contributed by atoms with Gasteiger partial charge in [0.2, 0.25) is 0 Å². The Balaban J connectivity index is 1.67. The highest BCUT2D eigenvalue weighted by molar-refractivity contribution is 6.34. The van der Waals surface area contributed by atoms with Crippen LogP contribution in [0.5, 0.6) is 5.75 Å². The zero-order chi connectivity index (χ0) is 22.9. The zero-order valence-corrected chi connectivity index (χ0v) is 18.2. The van der Waals surface area contributed by atoms with Crippen molar-refractivity contribution in [3.63, 3.8) is 0 Å². The molecular weight excluding hydrogens is 441 g/mol. The summed E-state index contributed by atoms with van der Waals surface area (Å²) < 4.78 is 46.7. The molecule has 0 aliphatic carbocycles. The number of rotatable bonds is 4. The van der Waals surface area contributed by atoms with Gasteiger partial charge in [-0.2, -0.15) is 13.2 Å². The third-order valence-electron chi connectivity index (χ3n) is 5.63. The quantitative estimate of drug-likeness (QED) is 0.453. The Labute approximate surface area is 189 Å². The monoisotopic (exact) mass is 462 g/mol. The summed E-state index contributed by atoms with van der Waals surface area (Å²) in [5.74, 6) is 0.354. The maximum Gasteiger partial charge on any atom is 0.417 e. The van der Waals surface area contributed by atoms with E-state index in [-0.39, 0.29) is 16.5 Å². The van der Waals surface area contributed by atoms with Crippen molar-refractivity contribution in [2.24, 2.45) is 0 Å². The summed E-state index contributed by atoms with van der Waals surface area (Å²) in [6.07, 6.45) is -0.684. The van der Waals surface area contributed by atoms with Crippen LogP contribution in [0.2, 0.25) is 5.02 Å². The second-order valence-electron chi connectivity index (χ2n) is 7.84. The molecule has 2 aromatic carbocycles. The minimum atomic E-state index is -4.55. The number of amides is 1. The normalized spacial score (nSPS) is 15.6. The lowest BCUT2D eigenvalue weighted by atomic mass is 9.96. The third kappa shape index (κ3) is 4.53. The molecule has 0 saturated carbocycles. The minimum absolute atomic E-state index is 0.00778. The van der Waals surface area contributed by atoms with Gasteiger partial charge in [0.05, 0.1) is 11.1 Å². The Morgan fingerprint density at radius 1 is 1.12 bits per heavy atom. The number of alkyl halides is 3. The molecule has 1 aliphatic heterocycles. The fraction of sp³-hybridized carbons (Fsp3) is 0.333. The van der Waals surface area contributed by atoms with Crippen molar-refractivity contribution in [3.05, 3.63) is 59.2 Å². The van der Waals surface area contributed by atoms with Gasteiger partial charge in [0, 0.05) is 41.3 Å². The predicted molar refractivity (Wildman–Crippen MR) is 118 cm³/mol. The number of carbonyl (C=O) groups is 1. The molecule has 1 unspecified atom stereocenters. The molecule has 0 spiro atoms. The van der Waals surface area contributed by atoms with Gasteiger partial charge in [0.1, 0.15) is 5.75 Å². The van der Waals surface area contributed by atoms with Gasteiger partial charge >= 0.3 is 6.18 Å². The summed E-state index contributed by atoms with van der Waals surface area (Å²) in [5, 5.41) is 0.516. The molecule has 4 rings (SSSR count). The van der Waals surface area contributed by atoms with Gasteiger partial charge in [0.25, 0.3) is 5.91 Å². The number of likely N-dealkylation sites (tertiary alicyclic amines) is 1. The van der Waals surface area contributed by atoms with E-state index in [0.29, 0.717) is 22.2 Å². The molecule has 1 fully saturated rings. The number of nitrogens with zero attached hydrogens (tertiary/aromatic N) is 2. The molecular formula is C24H22ClF3N2O2. The molecule has 3 aromatic rings. The second-order valence-corrected chi connectivity index (χ2v) is 8.25. The van der Waals surface area contributed by atoms with Crippen LogP contribution in [0.15, 0.2) is 48.7 Å². The maximum atomic E-state index is 13.6. The first-order chi connectivity index (χ1) is 15.3. The number of pyridine rings is 1. The largest absolute Gasteiger partial charge is 0.481 e. The first-order valence-electron chi connectivity index (χ1n) is 10.5. The predicted octanol–water partition coefficient (Wildman–Crippen LogP) is 6.35. The first-order valence-corrected chi connectivity index (χ1v) is 10.8. The number of carbonyl (C=O) groups excluding carboxylic acids is 1. The van der Waals surface area contributed by atoms with E-state index in [0.717, 1.165) is 38.4 Å². The molecule has 1 saturated heterocycles. The van der Waals surface area contributed by atoms with Crippen molar-refractivity contribution in [2.45, 2.75) is 38.5 Å². The van der Waals surface area contributed by atoms with Crippen molar-refractivity contribution in [2.75, 3.05) is 13.1 Å². The van der Waals surface area contributed by atoms with Crippen LogP contribution in [-0.4, -0.2) is 35.0 Å². The van der Waals surface area contributed by atoms with Crippen LogP contribution in [0, 0.1) is 0 Å². The van der Waals surface area contributed by atoms with Crippen molar-refractivity contribution in [3.8, 4) is 16.9 Å². The van der Waals surface area contributed by atoms with Crippen LogP contribution >= 0.6 is 11.6 Å². The van der Waals surface area contributed by atoms with E-state index in [2.05, 4.69) is 4.98 Å². The van der Waals surface area contributed by atoms with Crippen LogP contribution < -0.4 is 4.74 Å². The van der Waals surface area contributed by atoms with Crippen molar-refractivity contribution in [1.29, 1.82) is 0 Å². The van der Waals surface area contributed by atoms with Gasteiger partial charge in [0.15, 0.2) is 6.10 Å². The Morgan fingerprint density at radius 3 is 2.59 bits per heavy atom. The molecule has 8 heteroatoms. The molecule has 4 nitrogen and oxygen atoms in total. The molecule has 0 N–H and O–H groups in total. The second kappa shape index (κ2) is 8.98. The van der Waals surface area contributed by atoms with E-state index in [9.17, 15) is 18.0 Å². The highest BCUT2D eigenvalue weighted by Crippen LogP contribution is 2.43. The standard InChI is InChI=1S/C24H22ClF3N2O2/c1-15(23(31)30-12-3-2-4-13-30)32-16-8-9-17-18(10-11-29-21(17)14-16)22-19(24(26,27)28)6-5-7-20(22)25/h5-11,14-15H,2-4,12-13H2,1H3. The Morgan fingerprint density at radius 2 is 1.88 bits per heavy atom. The van der Waals surface area contributed by atoms with Crippen LogP contribution in [0.3, 0.4) is 0 Å². The Kier molecular flexibility index (Phi) is 6.29. The van der Waals surface area contributed by atoms with E-state index in [1.165, 1.54) is 24.4 Å². The number of piperidine rings is 1. The molecule has 1 aliphatic rings. The first kappa shape index (κ1) is 22.4. The highest BCUT2D eigenvalue weighted by atomic mass is 35.5. The summed E-state index contributed by atoms with van der Waals surface area (Å²) in [7, 11) is 0. The lowest BCUT2D eigenvalue weighted by Gasteiger charge is -2.29. The highest BCUT2D eigenvalue weighted by Gasteiger charge is 2.35. The SMILES string of the molecule is CC(Oc1ccc2c(-c3c(Cl)cccc3C(F)(F)F)ccnc2c1)C(=O)N1CCCCC1. The van der Waals surface area contributed by atoms with Gasteiger partial charge in [-0.1, -0.05) is 17.7 Å². The van der Waals surface area contributed by atoms with Crippen molar-refractivity contribution < 1.29 is 22.7 Å². The Hall–Kier alpha value is -2.80. The lowest BCUT2D eigenvalue weighted by Crippen LogP contribution is -2.43. The minimum Gasteiger partial charge on any atom is -0.481 e. The van der Waals surface area contributed by atoms with Gasteiger partial charge in [-0.05, 0) is 62.1 Å². The molecule has 2 heterocycles. The van der Waals surface area contributed by atoms with Crippen LogP contribution in [0.4, 0.5) is 13.2 Å². The average molecular weight is 463 g/mol. The topological polar surface area (TPSA) is 42.4 Å². The number of hydrogen-bond acceptors (Lipinski definition) is 3. The van der Waals surface area contributed by atoms with Gasteiger partial charge in [-0.25, -0.2) is 0 Å². The smallest absolute Gasteiger partial charge is 0.417 e. The molecule has 1 aromatic heterocycles. The summed E-state index contributed by atoms with van der Waals surface area (Å²) in [4.78, 5) is 18.7. The van der Waals surface area contributed by atoms with E-state index >= 15 is 0 Å². The number of fused-ring (bicyclic) bond motifs is 1. The van der Waals surface area contributed by atoms with Gasteiger partial charge < -0.3 is 9.64 Å².